The van der Waals surface area contributed by atoms with E-state index in [4.69, 9.17) is 9.83 Å². The second kappa shape index (κ2) is 8.86. The number of hydroxylamine groups is 2. The maximum Gasteiger partial charge on any atom is 0.319 e. The van der Waals surface area contributed by atoms with E-state index in [2.05, 4.69) is 65.6 Å². The Morgan fingerprint density at radius 2 is 1.19 bits per heavy atom. The van der Waals surface area contributed by atoms with Gasteiger partial charge < -0.3 is 4.84 Å². The second-order valence-corrected chi connectivity index (χ2v) is 7.37. The zero-order valence-electron chi connectivity index (χ0n) is 17.1. The van der Waals surface area contributed by atoms with Crippen LogP contribution in [0.4, 0.5) is 11.4 Å². The molecule has 0 saturated carbocycles. The van der Waals surface area contributed by atoms with Gasteiger partial charge in [-0.05, 0) is 35.4 Å². The minimum atomic E-state index is -0.147. The van der Waals surface area contributed by atoms with Crippen molar-refractivity contribution in [1.29, 1.82) is 0 Å². The van der Waals surface area contributed by atoms with Crippen LogP contribution in [0.1, 0.15) is 17.3 Å². The maximum atomic E-state index is 6.41. The molecule has 0 bridgehead atoms. The van der Waals surface area contributed by atoms with E-state index in [1.807, 2.05) is 65.7 Å². The van der Waals surface area contributed by atoms with Crippen molar-refractivity contribution in [3.63, 3.8) is 0 Å². The molecular weight excluding hydrogens is 382 g/mol. The summed E-state index contributed by atoms with van der Waals surface area (Å²) in [5.41, 5.74) is 4.20. The lowest BCUT2D eigenvalue weighted by Gasteiger charge is -2.27. The molecule has 4 aromatic carbocycles. The highest BCUT2D eigenvalue weighted by Gasteiger charge is 2.41. The van der Waals surface area contributed by atoms with Crippen LogP contribution in [0.3, 0.4) is 0 Å². The van der Waals surface area contributed by atoms with E-state index < -0.39 is 0 Å². The van der Waals surface area contributed by atoms with Crippen LogP contribution >= 0.6 is 0 Å². The minimum absolute atomic E-state index is 0.147. The summed E-state index contributed by atoms with van der Waals surface area (Å²) in [5.74, 6) is 0. The van der Waals surface area contributed by atoms with Crippen molar-refractivity contribution in [2.24, 2.45) is 4.99 Å². The fourth-order valence-corrected chi connectivity index (χ4v) is 3.78. The lowest BCUT2D eigenvalue weighted by atomic mass is 10.1. The number of nitrogens with zero attached hydrogens (tertiary/aromatic N) is 3. The topological polar surface area (TPSA) is 28.1 Å². The normalized spacial score (nSPS) is 17.6. The smallest absolute Gasteiger partial charge is 0.319 e. The average molecular weight is 406 g/mol. The van der Waals surface area contributed by atoms with Gasteiger partial charge in [0.2, 0.25) is 0 Å². The summed E-state index contributed by atoms with van der Waals surface area (Å²) in [7, 11) is 0. The molecule has 4 nitrogen and oxygen atoms in total. The molecule has 0 aliphatic carbocycles. The van der Waals surface area contributed by atoms with Crippen LogP contribution in [0.2, 0.25) is 0 Å². The summed E-state index contributed by atoms with van der Waals surface area (Å²) in [6.45, 7) is 0.636. The van der Waals surface area contributed by atoms with Gasteiger partial charge in [0.05, 0.1) is 12.2 Å². The molecule has 0 spiro atoms. The quantitative estimate of drug-likeness (QED) is 0.388. The molecule has 0 aromatic heterocycles. The van der Waals surface area contributed by atoms with Crippen LogP contribution in [0.15, 0.2) is 126 Å². The first-order valence-electron chi connectivity index (χ1n) is 10.4. The van der Waals surface area contributed by atoms with Crippen molar-refractivity contribution in [1.82, 2.24) is 5.06 Å². The molecule has 1 saturated heterocycles. The monoisotopic (exact) mass is 405 g/mol. The number of para-hydroxylation sites is 2. The van der Waals surface area contributed by atoms with Crippen LogP contribution in [-0.2, 0) is 11.4 Å². The molecule has 0 N–H and O–H groups in total. The number of amidine groups is 1. The Labute approximate surface area is 182 Å². The number of anilines is 1. The molecule has 1 aliphatic heterocycles. The first-order valence-corrected chi connectivity index (χ1v) is 10.4. The number of hydrogen-bond donors (Lipinski definition) is 0. The highest BCUT2D eigenvalue weighted by atomic mass is 16.7. The lowest BCUT2D eigenvalue weighted by molar-refractivity contribution is -0.0854. The Balaban J connectivity index is 1.62. The highest BCUT2D eigenvalue weighted by molar-refractivity contribution is 5.95. The minimum Gasteiger partial charge on any atom is -0.364 e. The molecule has 1 atom stereocenters. The zero-order chi connectivity index (χ0) is 20.9. The van der Waals surface area contributed by atoms with Gasteiger partial charge in [-0.15, -0.1) is 5.06 Å². The van der Waals surface area contributed by atoms with E-state index in [1.165, 1.54) is 5.56 Å². The largest absolute Gasteiger partial charge is 0.364 e. The molecule has 4 heteroatoms. The number of benzene rings is 4. The lowest BCUT2D eigenvalue weighted by Crippen LogP contribution is -2.32. The van der Waals surface area contributed by atoms with Crippen LogP contribution < -0.4 is 4.90 Å². The van der Waals surface area contributed by atoms with Crippen LogP contribution in [-0.4, -0.2) is 11.1 Å². The van der Waals surface area contributed by atoms with Crippen molar-refractivity contribution < 1.29 is 4.84 Å². The molecule has 0 radical (unpaired) electrons. The molecule has 31 heavy (non-hydrogen) atoms. The molecule has 1 fully saturated rings. The standard InChI is InChI=1S/C27H23N3O/c1-5-13-22(14-6-1)21-29-26(23-15-7-2-8-16-23)30(25-19-11-4-12-20-25)27(31-29)28-24-17-9-3-10-18-24/h1-20,26H,21H2. The van der Waals surface area contributed by atoms with Crippen molar-refractivity contribution in [3.05, 3.63) is 132 Å². The third kappa shape index (κ3) is 4.20. The predicted octanol–water partition coefficient (Wildman–Crippen LogP) is 6.33. The van der Waals surface area contributed by atoms with Gasteiger partial charge in [0, 0.05) is 5.69 Å². The van der Waals surface area contributed by atoms with Gasteiger partial charge in [0.25, 0.3) is 0 Å². The van der Waals surface area contributed by atoms with Gasteiger partial charge >= 0.3 is 6.02 Å². The Hall–Kier alpha value is -3.89. The Morgan fingerprint density at radius 1 is 0.645 bits per heavy atom. The fourth-order valence-electron chi connectivity index (χ4n) is 3.78. The summed E-state index contributed by atoms with van der Waals surface area (Å²) < 4.78 is 0. The van der Waals surface area contributed by atoms with Crippen LogP contribution in [0.5, 0.6) is 0 Å². The van der Waals surface area contributed by atoms with Gasteiger partial charge in [0.1, 0.15) is 0 Å². The summed E-state index contributed by atoms with van der Waals surface area (Å²) in [6.07, 6.45) is -0.147. The Morgan fingerprint density at radius 3 is 1.84 bits per heavy atom. The molecule has 152 valence electrons. The van der Waals surface area contributed by atoms with Crippen LogP contribution in [0, 0.1) is 0 Å². The molecule has 1 unspecified atom stereocenters. The van der Waals surface area contributed by atoms with E-state index in [1.54, 1.807) is 0 Å². The number of aliphatic imine (C=N–C) groups is 1. The van der Waals surface area contributed by atoms with E-state index in [9.17, 15) is 0 Å². The average Bonchev–Trinajstić information content (AvgIpc) is 3.19. The molecule has 4 aromatic rings. The van der Waals surface area contributed by atoms with E-state index in [0.29, 0.717) is 12.6 Å². The molecule has 5 rings (SSSR count). The zero-order valence-corrected chi connectivity index (χ0v) is 17.1. The van der Waals surface area contributed by atoms with Crippen molar-refractivity contribution in [2.45, 2.75) is 12.7 Å². The predicted molar refractivity (Wildman–Crippen MR) is 125 cm³/mol. The van der Waals surface area contributed by atoms with Crippen molar-refractivity contribution in [2.75, 3.05) is 4.90 Å². The van der Waals surface area contributed by atoms with E-state index in [0.717, 1.165) is 16.9 Å². The summed E-state index contributed by atoms with van der Waals surface area (Å²) in [6, 6.07) is 41.5. The summed E-state index contributed by atoms with van der Waals surface area (Å²) in [4.78, 5) is 13.4. The molecule has 0 amide bonds. The number of hydrogen-bond acceptors (Lipinski definition) is 3. The van der Waals surface area contributed by atoms with E-state index >= 15 is 0 Å². The van der Waals surface area contributed by atoms with Crippen molar-refractivity contribution in [3.8, 4) is 0 Å². The Kier molecular flexibility index (Phi) is 5.46. The molecule has 1 aliphatic rings. The maximum absolute atomic E-state index is 6.41. The SMILES string of the molecule is c1ccc(CN2OC(=Nc3ccccc3)N(c3ccccc3)C2c2ccccc2)cc1. The van der Waals surface area contributed by atoms with Gasteiger partial charge in [-0.3, -0.25) is 4.90 Å². The molecular formula is C27H23N3O. The third-order valence-corrected chi connectivity index (χ3v) is 5.22. The summed E-state index contributed by atoms with van der Waals surface area (Å²) in [5, 5.41) is 2.00. The fraction of sp³-hybridized carbons (Fsp3) is 0.0741. The second-order valence-electron chi connectivity index (χ2n) is 7.37. The molecule has 1 heterocycles. The van der Waals surface area contributed by atoms with Crippen LogP contribution in [0.25, 0.3) is 0 Å². The first-order chi connectivity index (χ1) is 15.4. The third-order valence-electron chi connectivity index (χ3n) is 5.22. The Bertz CT molecular complexity index is 1130. The summed E-state index contributed by atoms with van der Waals surface area (Å²) >= 11 is 0. The van der Waals surface area contributed by atoms with Gasteiger partial charge in [0.15, 0.2) is 6.17 Å². The van der Waals surface area contributed by atoms with Crippen molar-refractivity contribution >= 4 is 17.4 Å². The van der Waals surface area contributed by atoms with Gasteiger partial charge in [-0.2, -0.15) is 4.99 Å². The highest BCUT2D eigenvalue weighted by Crippen LogP contribution is 2.38. The first kappa shape index (κ1) is 19.1. The van der Waals surface area contributed by atoms with Gasteiger partial charge in [-0.1, -0.05) is 97.1 Å². The van der Waals surface area contributed by atoms with Gasteiger partial charge in [-0.25, -0.2) is 0 Å². The van der Waals surface area contributed by atoms with E-state index in [-0.39, 0.29) is 6.17 Å². The number of rotatable bonds is 5.